The number of carbonyl (C=O) groups excluding carboxylic acids is 1. The molecule has 1 aliphatic heterocycles. The van der Waals surface area contributed by atoms with Crippen LogP contribution in [0.2, 0.25) is 0 Å². The molecule has 1 aliphatic rings. The fraction of sp³-hybridized carbons (Fsp3) is 0.261. The number of aromatic amines is 1. The molecular formula is C23H22N4O. The molecule has 0 radical (unpaired) electrons. The molecule has 0 saturated carbocycles. The number of fused-ring (bicyclic) bond motifs is 2. The first-order valence-corrected chi connectivity index (χ1v) is 9.83. The number of carbonyl (C=O) groups is 1. The summed E-state index contributed by atoms with van der Waals surface area (Å²) in [5.74, 6) is 1.42. The van der Waals surface area contributed by atoms with Gasteiger partial charge in [0.05, 0.1) is 23.0 Å². The normalized spacial score (nSPS) is 17.3. The predicted octanol–water partition coefficient (Wildman–Crippen LogP) is 4.06. The average molecular weight is 370 g/mol. The lowest BCUT2D eigenvalue weighted by atomic mass is 9.96. The summed E-state index contributed by atoms with van der Waals surface area (Å²) < 4.78 is 0. The van der Waals surface area contributed by atoms with E-state index in [1.54, 1.807) is 6.20 Å². The Bertz CT molecular complexity index is 1110. The van der Waals surface area contributed by atoms with Gasteiger partial charge < -0.3 is 9.88 Å². The van der Waals surface area contributed by atoms with E-state index >= 15 is 0 Å². The molecule has 0 spiro atoms. The molecule has 0 bridgehead atoms. The second-order valence-electron chi connectivity index (χ2n) is 7.49. The van der Waals surface area contributed by atoms with E-state index in [1.165, 1.54) is 0 Å². The number of likely N-dealkylation sites (tertiary alicyclic amines) is 1. The zero-order valence-corrected chi connectivity index (χ0v) is 15.6. The Labute approximate surface area is 163 Å². The maximum absolute atomic E-state index is 13.0. The Hall–Kier alpha value is -3.21. The number of para-hydroxylation sites is 3. The number of H-pyrrole nitrogens is 1. The van der Waals surface area contributed by atoms with Crippen molar-refractivity contribution in [1.29, 1.82) is 0 Å². The number of nitrogens with zero attached hydrogens (tertiary/aromatic N) is 3. The molecule has 5 heteroatoms. The van der Waals surface area contributed by atoms with Crippen molar-refractivity contribution >= 4 is 27.8 Å². The van der Waals surface area contributed by atoms with Crippen molar-refractivity contribution in [2.45, 2.75) is 25.2 Å². The number of amides is 1. The molecule has 1 saturated heterocycles. The molecule has 4 aromatic rings. The lowest BCUT2D eigenvalue weighted by molar-refractivity contribution is -0.131. The predicted molar refractivity (Wildman–Crippen MR) is 110 cm³/mol. The number of aromatic nitrogens is 3. The monoisotopic (exact) mass is 370 g/mol. The molecule has 5 rings (SSSR count). The number of rotatable bonds is 3. The van der Waals surface area contributed by atoms with Crippen molar-refractivity contribution in [3.63, 3.8) is 0 Å². The first-order valence-electron chi connectivity index (χ1n) is 9.83. The van der Waals surface area contributed by atoms with Gasteiger partial charge in [0.2, 0.25) is 5.91 Å². The van der Waals surface area contributed by atoms with E-state index in [9.17, 15) is 4.79 Å². The number of piperidine rings is 1. The second kappa shape index (κ2) is 7.08. The van der Waals surface area contributed by atoms with Gasteiger partial charge in [0.25, 0.3) is 0 Å². The Morgan fingerprint density at radius 1 is 1.11 bits per heavy atom. The average Bonchev–Trinajstić information content (AvgIpc) is 3.18. The molecule has 0 aliphatic carbocycles. The maximum Gasteiger partial charge on any atom is 0.227 e. The van der Waals surface area contributed by atoms with Gasteiger partial charge in [-0.2, -0.15) is 0 Å². The molecule has 1 unspecified atom stereocenters. The topological polar surface area (TPSA) is 61.9 Å². The SMILES string of the molecule is O=C(Cc1cccc2cccnc12)N1CCCC(c2nc3ccccc3[nH]2)C1. The van der Waals surface area contributed by atoms with Crippen molar-refractivity contribution in [2.24, 2.45) is 0 Å². The Morgan fingerprint density at radius 2 is 2.00 bits per heavy atom. The molecule has 140 valence electrons. The van der Waals surface area contributed by atoms with Crippen LogP contribution in [0, 0.1) is 0 Å². The standard InChI is InChI=1S/C23H22N4O/c28-21(14-17-7-3-6-16-8-4-12-24-22(16)17)27-13-5-9-18(15-27)23-25-19-10-1-2-11-20(19)26-23/h1-4,6-8,10-12,18H,5,9,13-15H2,(H,25,26). The van der Waals surface area contributed by atoms with Crippen molar-refractivity contribution in [3.8, 4) is 0 Å². The Kier molecular flexibility index (Phi) is 4.28. The van der Waals surface area contributed by atoms with Crippen molar-refractivity contribution in [1.82, 2.24) is 19.9 Å². The number of nitrogens with one attached hydrogen (secondary N) is 1. The first-order chi connectivity index (χ1) is 13.8. The summed E-state index contributed by atoms with van der Waals surface area (Å²) in [4.78, 5) is 27.7. The number of benzene rings is 2. The van der Waals surface area contributed by atoms with E-state index in [2.05, 4.69) is 9.97 Å². The van der Waals surface area contributed by atoms with Crippen LogP contribution in [0.15, 0.2) is 60.8 Å². The highest BCUT2D eigenvalue weighted by Crippen LogP contribution is 2.27. The van der Waals surface area contributed by atoms with Crippen LogP contribution in [-0.2, 0) is 11.2 Å². The number of pyridine rings is 1. The highest BCUT2D eigenvalue weighted by atomic mass is 16.2. The summed E-state index contributed by atoms with van der Waals surface area (Å²) in [6, 6.07) is 18.1. The first kappa shape index (κ1) is 16.9. The van der Waals surface area contributed by atoms with E-state index in [0.717, 1.165) is 59.3 Å². The maximum atomic E-state index is 13.0. The second-order valence-corrected chi connectivity index (χ2v) is 7.49. The van der Waals surface area contributed by atoms with Crippen molar-refractivity contribution in [2.75, 3.05) is 13.1 Å². The number of hydrogen-bond donors (Lipinski definition) is 1. The molecule has 2 aromatic heterocycles. The van der Waals surface area contributed by atoms with Crippen LogP contribution in [0.3, 0.4) is 0 Å². The van der Waals surface area contributed by atoms with Gasteiger partial charge >= 0.3 is 0 Å². The Morgan fingerprint density at radius 3 is 2.93 bits per heavy atom. The van der Waals surface area contributed by atoms with Crippen LogP contribution in [0.4, 0.5) is 0 Å². The molecule has 3 heterocycles. The van der Waals surface area contributed by atoms with Crippen LogP contribution in [-0.4, -0.2) is 38.8 Å². The van der Waals surface area contributed by atoms with Crippen LogP contribution < -0.4 is 0 Å². The van der Waals surface area contributed by atoms with E-state index < -0.39 is 0 Å². The molecule has 1 atom stereocenters. The number of hydrogen-bond acceptors (Lipinski definition) is 3. The van der Waals surface area contributed by atoms with E-state index in [4.69, 9.17) is 4.98 Å². The third kappa shape index (κ3) is 3.13. The summed E-state index contributed by atoms with van der Waals surface area (Å²) in [6.45, 7) is 1.53. The minimum Gasteiger partial charge on any atom is -0.342 e. The van der Waals surface area contributed by atoms with E-state index in [1.807, 2.05) is 59.5 Å². The summed E-state index contributed by atoms with van der Waals surface area (Å²) in [6.07, 6.45) is 4.23. The van der Waals surface area contributed by atoms with Gasteiger partial charge in [-0.15, -0.1) is 0 Å². The third-order valence-corrected chi connectivity index (χ3v) is 5.63. The molecule has 1 fully saturated rings. The van der Waals surface area contributed by atoms with Gasteiger partial charge in [-0.1, -0.05) is 36.4 Å². The van der Waals surface area contributed by atoms with Crippen LogP contribution in [0.1, 0.15) is 30.1 Å². The van der Waals surface area contributed by atoms with Gasteiger partial charge in [0.15, 0.2) is 0 Å². The molecule has 28 heavy (non-hydrogen) atoms. The lowest BCUT2D eigenvalue weighted by Crippen LogP contribution is -2.40. The largest absolute Gasteiger partial charge is 0.342 e. The summed E-state index contributed by atoms with van der Waals surface area (Å²) in [7, 11) is 0. The van der Waals surface area contributed by atoms with E-state index in [0.29, 0.717) is 6.42 Å². The quantitative estimate of drug-likeness (QED) is 0.592. The van der Waals surface area contributed by atoms with Crippen molar-refractivity contribution < 1.29 is 4.79 Å². The highest BCUT2D eigenvalue weighted by Gasteiger charge is 2.27. The zero-order valence-electron chi connectivity index (χ0n) is 15.6. The van der Waals surface area contributed by atoms with Crippen LogP contribution in [0.5, 0.6) is 0 Å². The van der Waals surface area contributed by atoms with Gasteiger partial charge in [-0.05, 0) is 36.6 Å². The summed E-state index contributed by atoms with van der Waals surface area (Å²) in [5.41, 5.74) is 3.96. The van der Waals surface area contributed by atoms with Crippen LogP contribution in [0.25, 0.3) is 21.9 Å². The third-order valence-electron chi connectivity index (χ3n) is 5.63. The fourth-order valence-electron chi connectivity index (χ4n) is 4.18. The highest BCUT2D eigenvalue weighted by molar-refractivity contribution is 5.87. The van der Waals surface area contributed by atoms with Gasteiger partial charge in [-0.3, -0.25) is 9.78 Å². The Balaban J connectivity index is 1.35. The van der Waals surface area contributed by atoms with Crippen molar-refractivity contribution in [3.05, 3.63) is 72.2 Å². The molecule has 5 nitrogen and oxygen atoms in total. The minimum absolute atomic E-state index is 0.166. The minimum atomic E-state index is 0.166. The number of imidazole rings is 1. The van der Waals surface area contributed by atoms with Crippen LogP contribution >= 0.6 is 0 Å². The summed E-state index contributed by atoms with van der Waals surface area (Å²) >= 11 is 0. The molecular weight excluding hydrogens is 348 g/mol. The van der Waals surface area contributed by atoms with Gasteiger partial charge in [-0.25, -0.2) is 4.98 Å². The van der Waals surface area contributed by atoms with Gasteiger partial charge in [0, 0.05) is 30.6 Å². The molecule has 1 N–H and O–H groups in total. The summed E-state index contributed by atoms with van der Waals surface area (Å²) in [5, 5.41) is 1.08. The zero-order chi connectivity index (χ0) is 18.9. The lowest BCUT2D eigenvalue weighted by Gasteiger charge is -2.32. The molecule has 2 aromatic carbocycles. The fourth-order valence-corrected chi connectivity index (χ4v) is 4.18. The van der Waals surface area contributed by atoms with Gasteiger partial charge in [0.1, 0.15) is 5.82 Å². The smallest absolute Gasteiger partial charge is 0.227 e. The molecule has 1 amide bonds. The van der Waals surface area contributed by atoms with E-state index in [-0.39, 0.29) is 11.8 Å².